The van der Waals surface area contributed by atoms with Crippen LogP contribution in [-0.4, -0.2) is 16.5 Å². The van der Waals surface area contributed by atoms with Crippen LogP contribution in [0.15, 0.2) is 66.7 Å². The molecule has 0 aliphatic heterocycles. The molecule has 0 aliphatic carbocycles. The van der Waals surface area contributed by atoms with E-state index in [4.69, 9.17) is 27.9 Å². The highest BCUT2D eigenvalue weighted by Gasteiger charge is 2.07. The number of hydrogen-bond donors (Lipinski definition) is 2. The van der Waals surface area contributed by atoms with Gasteiger partial charge in [0.15, 0.2) is 0 Å². The van der Waals surface area contributed by atoms with Crippen LogP contribution >= 0.6 is 23.2 Å². The van der Waals surface area contributed by atoms with Gasteiger partial charge in [-0.1, -0.05) is 53.5 Å². The van der Waals surface area contributed by atoms with Crippen molar-refractivity contribution in [3.63, 3.8) is 0 Å². The van der Waals surface area contributed by atoms with Gasteiger partial charge in [0.05, 0.1) is 11.0 Å². The summed E-state index contributed by atoms with van der Waals surface area (Å²) in [6.45, 7) is 2.04. The van der Waals surface area contributed by atoms with E-state index in [1.165, 1.54) is 5.56 Å². The molecule has 0 atom stereocenters. The Morgan fingerprint density at radius 2 is 1.73 bits per heavy atom. The summed E-state index contributed by atoms with van der Waals surface area (Å²) in [4.78, 5) is 7.99. The van der Waals surface area contributed by atoms with Crippen LogP contribution in [-0.2, 0) is 19.6 Å². The van der Waals surface area contributed by atoms with Gasteiger partial charge in [-0.05, 0) is 54.9 Å². The Morgan fingerprint density at radius 1 is 0.933 bits per heavy atom. The predicted octanol–water partition coefficient (Wildman–Crippen LogP) is 6.17. The Kier molecular flexibility index (Phi) is 6.90. The molecule has 6 heteroatoms. The summed E-state index contributed by atoms with van der Waals surface area (Å²) in [6, 6.07) is 21.6. The van der Waals surface area contributed by atoms with Crippen LogP contribution in [0.3, 0.4) is 0 Å². The molecule has 0 fully saturated rings. The lowest BCUT2D eigenvalue weighted by molar-refractivity contribution is 0.306. The van der Waals surface area contributed by atoms with Crippen molar-refractivity contribution in [1.82, 2.24) is 15.3 Å². The molecule has 4 rings (SSSR count). The van der Waals surface area contributed by atoms with Crippen molar-refractivity contribution >= 4 is 34.2 Å². The Morgan fingerprint density at radius 3 is 2.57 bits per heavy atom. The van der Waals surface area contributed by atoms with Crippen LogP contribution in [0.1, 0.15) is 23.4 Å². The third-order valence-electron chi connectivity index (χ3n) is 4.88. The molecular weight excluding hydrogens is 417 g/mol. The Hall–Kier alpha value is -2.53. The molecule has 0 spiro atoms. The molecule has 2 N–H and O–H groups in total. The molecule has 1 aromatic heterocycles. The van der Waals surface area contributed by atoms with E-state index in [9.17, 15) is 0 Å². The van der Waals surface area contributed by atoms with Crippen LogP contribution < -0.4 is 10.1 Å². The highest BCUT2D eigenvalue weighted by Crippen LogP contribution is 2.26. The first-order valence-electron chi connectivity index (χ1n) is 9.98. The molecule has 154 valence electrons. The van der Waals surface area contributed by atoms with Gasteiger partial charge in [0, 0.05) is 28.6 Å². The number of ether oxygens (including phenoxy) is 1. The summed E-state index contributed by atoms with van der Waals surface area (Å²) in [7, 11) is 0. The minimum Gasteiger partial charge on any atom is -0.489 e. The number of hydrogen-bond acceptors (Lipinski definition) is 3. The fourth-order valence-electron chi connectivity index (χ4n) is 3.31. The van der Waals surface area contributed by atoms with Crippen molar-refractivity contribution < 1.29 is 4.74 Å². The zero-order valence-electron chi connectivity index (χ0n) is 16.5. The molecule has 0 aliphatic rings. The Bertz CT molecular complexity index is 1070. The minimum atomic E-state index is 0.340. The zero-order valence-corrected chi connectivity index (χ0v) is 18.0. The number of nitrogens with zero attached hydrogens (tertiary/aromatic N) is 1. The lowest BCUT2D eigenvalue weighted by Gasteiger charge is -2.11. The fraction of sp³-hybridized carbons (Fsp3) is 0.208. The maximum Gasteiger partial charge on any atom is 0.120 e. The average molecular weight is 440 g/mol. The minimum absolute atomic E-state index is 0.340. The summed E-state index contributed by atoms with van der Waals surface area (Å²) in [5, 5.41) is 4.72. The normalized spacial score (nSPS) is 11.1. The second-order valence-electron chi connectivity index (χ2n) is 7.12. The Labute approximate surface area is 186 Å². The van der Waals surface area contributed by atoms with Crippen LogP contribution in [0.2, 0.25) is 10.0 Å². The van der Waals surface area contributed by atoms with E-state index < -0.39 is 0 Å². The monoisotopic (exact) mass is 439 g/mol. The summed E-state index contributed by atoms with van der Waals surface area (Å²) < 4.78 is 5.90. The zero-order chi connectivity index (χ0) is 20.8. The number of halogens is 2. The highest BCUT2D eigenvalue weighted by atomic mass is 35.5. The lowest BCUT2D eigenvalue weighted by Crippen LogP contribution is -2.15. The first-order valence-corrected chi connectivity index (χ1v) is 10.7. The second kappa shape index (κ2) is 9.98. The molecule has 4 aromatic rings. The predicted molar refractivity (Wildman–Crippen MR) is 123 cm³/mol. The number of imidazole rings is 1. The van der Waals surface area contributed by atoms with Gasteiger partial charge in [0.25, 0.3) is 0 Å². The maximum absolute atomic E-state index is 6.21. The van der Waals surface area contributed by atoms with Crippen LogP contribution in [0.4, 0.5) is 0 Å². The quantitative estimate of drug-likeness (QED) is 0.306. The Balaban J connectivity index is 1.23. The van der Waals surface area contributed by atoms with E-state index in [1.54, 1.807) is 0 Å². The summed E-state index contributed by atoms with van der Waals surface area (Å²) >= 11 is 12.4. The summed E-state index contributed by atoms with van der Waals surface area (Å²) in [5.41, 5.74) is 4.09. The van der Waals surface area contributed by atoms with Crippen molar-refractivity contribution in [2.75, 3.05) is 6.54 Å². The van der Waals surface area contributed by atoms with Gasteiger partial charge in [-0.15, -0.1) is 0 Å². The molecule has 1 heterocycles. The molecule has 3 aromatic carbocycles. The average Bonchev–Trinajstić information content (AvgIpc) is 3.16. The van der Waals surface area contributed by atoms with Crippen LogP contribution in [0.5, 0.6) is 5.75 Å². The number of aromatic amines is 1. The van der Waals surface area contributed by atoms with Gasteiger partial charge in [-0.3, -0.25) is 0 Å². The first-order chi connectivity index (χ1) is 14.7. The first kappa shape index (κ1) is 20.7. The van der Waals surface area contributed by atoms with E-state index >= 15 is 0 Å². The van der Waals surface area contributed by atoms with E-state index in [0.29, 0.717) is 16.7 Å². The van der Waals surface area contributed by atoms with Crippen LogP contribution in [0, 0.1) is 0 Å². The highest BCUT2D eigenvalue weighted by molar-refractivity contribution is 6.35. The number of H-pyrrole nitrogens is 1. The van der Waals surface area contributed by atoms with Crippen molar-refractivity contribution in [2.24, 2.45) is 0 Å². The smallest absolute Gasteiger partial charge is 0.120 e. The molecule has 0 unspecified atom stereocenters. The lowest BCUT2D eigenvalue weighted by atomic mass is 10.2. The molecule has 0 bridgehead atoms. The van der Waals surface area contributed by atoms with Gasteiger partial charge in [-0.25, -0.2) is 4.98 Å². The number of nitrogens with one attached hydrogen (secondary N) is 2. The van der Waals surface area contributed by atoms with Crippen molar-refractivity contribution in [3.8, 4) is 5.75 Å². The van der Waals surface area contributed by atoms with E-state index in [1.807, 2.05) is 54.6 Å². The SMILES string of the molecule is Clc1cccc(Cl)c1COc1cccc(CNCCCc2nc3ccccc3[nH]2)c1. The number of aromatic nitrogens is 2. The molecule has 4 nitrogen and oxygen atoms in total. The molecule has 30 heavy (non-hydrogen) atoms. The number of rotatable bonds is 9. The third kappa shape index (κ3) is 5.33. The number of aryl methyl sites for hydroxylation is 1. The van der Waals surface area contributed by atoms with E-state index in [0.717, 1.165) is 54.1 Å². The second-order valence-corrected chi connectivity index (χ2v) is 7.93. The maximum atomic E-state index is 6.21. The van der Waals surface area contributed by atoms with Crippen molar-refractivity contribution in [1.29, 1.82) is 0 Å². The molecule has 0 radical (unpaired) electrons. The van der Waals surface area contributed by atoms with Crippen molar-refractivity contribution in [2.45, 2.75) is 26.0 Å². The number of para-hydroxylation sites is 2. The van der Waals surface area contributed by atoms with Gasteiger partial charge in [0.2, 0.25) is 0 Å². The molecular formula is C24H23Cl2N3O. The standard InChI is InChI=1S/C24H23Cl2N3O/c25-20-8-4-9-21(26)19(20)16-30-18-7-3-6-17(14-18)15-27-13-5-12-24-28-22-10-1-2-11-23(22)29-24/h1-4,6-11,14,27H,5,12-13,15-16H2,(H,28,29). The van der Waals surface area contributed by atoms with Gasteiger partial charge in [-0.2, -0.15) is 0 Å². The van der Waals surface area contributed by atoms with Gasteiger partial charge in [0.1, 0.15) is 18.2 Å². The van der Waals surface area contributed by atoms with E-state index in [2.05, 4.69) is 27.4 Å². The fourth-order valence-corrected chi connectivity index (χ4v) is 3.82. The van der Waals surface area contributed by atoms with Gasteiger partial charge < -0.3 is 15.0 Å². The van der Waals surface area contributed by atoms with Gasteiger partial charge >= 0.3 is 0 Å². The van der Waals surface area contributed by atoms with Crippen LogP contribution in [0.25, 0.3) is 11.0 Å². The van der Waals surface area contributed by atoms with E-state index in [-0.39, 0.29) is 0 Å². The number of benzene rings is 3. The summed E-state index contributed by atoms with van der Waals surface area (Å²) in [6.07, 6.45) is 1.93. The van der Waals surface area contributed by atoms with Crippen molar-refractivity contribution in [3.05, 3.63) is 93.7 Å². The summed E-state index contributed by atoms with van der Waals surface area (Å²) in [5.74, 6) is 1.83. The molecule has 0 saturated heterocycles. The molecule has 0 saturated carbocycles. The largest absolute Gasteiger partial charge is 0.489 e. The molecule has 0 amide bonds. The number of fused-ring (bicyclic) bond motifs is 1. The third-order valence-corrected chi connectivity index (χ3v) is 5.59. The topological polar surface area (TPSA) is 49.9 Å².